The highest BCUT2D eigenvalue weighted by atomic mass is 16.6. The predicted molar refractivity (Wildman–Crippen MR) is 99.2 cm³/mol. The Morgan fingerprint density at radius 1 is 1.21 bits per heavy atom. The number of hydrogen-bond acceptors (Lipinski definition) is 9. The summed E-state index contributed by atoms with van der Waals surface area (Å²) in [5.41, 5.74) is 1.91. The molecule has 0 unspecified atom stereocenters. The monoisotopic (exact) mass is 400 g/mol. The minimum Gasteiger partial charge on any atom is -0.500 e. The van der Waals surface area contributed by atoms with Crippen molar-refractivity contribution >= 4 is 34.5 Å². The number of phenolic OH excluding ortho intramolecular Hbond substituents is 1. The number of fused-ring (bicyclic) bond motifs is 1. The molecule has 3 rings (SSSR count). The van der Waals surface area contributed by atoms with E-state index in [-0.39, 0.29) is 28.3 Å². The summed E-state index contributed by atoms with van der Waals surface area (Å²) in [6, 6.07) is 7.54. The lowest BCUT2D eigenvalue weighted by Gasteiger charge is -2.05. The van der Waals surface area contributed by atoms with Crippen molar-refractivity contribution in [3.05, 3.63) is 68.0 Å². The zero-order valence-corrected chi connectivity index (χ0v) is 14.7. The average Bonchev–Trinajstić information content (AvgIpc) is 3.12. The Labute approximate surface area is 161 Å². The second-order valence-corrected chi connectivity index (χ2v) is 5.64. The van der Waals surface area contributed by atoms with Crippen LogP contribution in [-0.4, -0.2) is 34.2 Å². The number of benzene rings is 2. The van der Waals surface area contributed by atoms with E-state index in [0.717, 1.165) is 12.3 Å². The lowest BCUT2D eigenvalue weighted by Crippen LogP contribution is -2.16. The Morgan fingerprint density at radius 3 is 2.62 bits per heavy atom. The molecule has 0 radical (unpaired) electrons. The van der Waals surface area contributed by atoms with Gasteiger partial charge in [0.15, 0.2) is 11.5 Å². The van der Waals surface area contributed by atoms with Crippen molar-refractivity contribution in [2.24, 2.45) is 5.10 Å². The van der Waals surface area contributed by atoms with E-state index in [1.807, 2.05) is 0 Å². The molecule has 0 aliphatic carbocycles. The average molecular weight is 400 g/mol. The third-order valence-corrected chi connectivity index (χ3v) is 3.81. The number of carbonyl (C=O) groups is 1. The molecule has 12 heteroatoms. The van der Waals surface area contributed by atoms with Crippen molar-refractivity contribution in [2.75, 3.05) is 7.11 Å². The molecule has 0 spiro atoms. The minimum atomic E-state index is -0.790. The highest BCUT2D eigenvalue weighted by Gasteiger charge is 2.19. The first-order chi connectivity index (χ1) is 13.8. The molecule has 0 saturated carbocycles. The number of rotatable bonds is 6. The molecule has 0 aliphatic heterocycles. The van der Waals surface area contributed by atoms with Crippen molar-refractivity contribution in [3.8, 4) is 11.5 Å². The van der Waals surface area contributed by atoms with Gasteiger partial charge in [0.05, 0.1) is 23.2 Å². The number of hydrogen-bond donors (Lipinski definition) is 2. The highest BCUT2D eigenvalue weighted by Crippen LogP contribution is 2.36. The van der Waals surface area contributed by atoms with Crippen molar-refractivity contribution in [1.82, 2.24) is 5.43 Å². The maximum atomic E-state index is 12.2. The Bertz CT molecular complexity index is 1170. The first-order valence-corrected chi connectivity index (χ1v) is 7.87. The summed E-state index contributed by atoms with van der Waals surface area (Å²) in [7, 11) is 1.23. The van der Waals surface area contributed by atoms with Crippen LogP contribution in [0.15, 0.2) is 45.9 Å². The van der Waals surface area contributed by atoms with Gasteiger partial charge in [0.2, 0.25) is 5.75 Å². The van der Waals surface area contributed by atoms with Crippen LogP contribution in [0.5, 0.6) is 11.5 Å². The fourth-order valence-electron chi connectivity index (χ4n) is 2.46. The van der Waals surface area contributed by atoms with E-state index < -0.39 is 27.2 Å². The van der Waals surface area contributed by atoms with Crippen LogP contribution in [0.2, 0.25) is 0 Å². The fourth-order valence-corrected chi connectivity index (χ4v) is 2.46. The smallest absolute Gasteiger partial charge is 0.315 e. The second kappa shape index (κ2) is 7.64. The van der Waals surface area contributed by atoms with Crippen LogP contribution < -0.4 is 10.2 Å². The molecule has 0 bridgehead atoms. The van der Waals surface area contributed by atoms with E-state index in [2.05, 4.69) is 10.5 Å². The molecule has 0 aliphatic rings. The van der Waals surface area contributed by atoms with Gasteiger partial charge in [0, 0.05) is 29.1 Å². The van der Waals surface area contributed by atoms with Crippen LogP contribution >= 0.6 is 0 Å². The summed E-state index contributed by atoms with van der Waals surface area (Å²) in [4.78, 5) is 32.6. The topological polar surface area (TPSA) is 170 Å². The van der Waals surface area contributed by atoms with Gasteiger partial charge in [0.1, 0.15) is 5.58 Å². The number of nitrogens with one attached hydrogen (secondary N) is 1. The molecule has 1 amide bonds. The Balaban J connectivity index is 1.79. The van der Waals surface area contributed by atoms with Gasteiger partial charge >= 0.3 is 11.6 Å². The Hall–Kier alpha value is -4.48. The van der Waals surface area contributed by atoms with Gasteiger partial charge in [-0.2, -0.15) is 5.10 Å². The lowest BCUT2D eigenvalue weighted by molar-refractivity contribution is -0.386. The normalized spacial score (nSPS) is 10.9. The molecule has 0 saturated heterocycles. The largest absolute Gasteiger partial charge is 0.500 e. The number of non-ortho nitro benzene ring substituents is 1. The van der Waals surface area contributed by atoms with Gasteiger partial charge in [0.25, 0.3) is 5.69 Å². The predicted octanol–water partition coefficient (Wildman–Crippen LogP) is 2.73. The van der Waals surface area contributed by atoms with E-state index in [0.29, 0.717) is 5.39 Å². The summed E-state index contributed by atoms with van der Waals surface area (Å²) in [6.45, 7) is 0. The number of hydrazone groups is 1. The SMILES string of the molecule is COc1cc(/C=N/NC(=O)c2cc3cc([N+](=O)[O-])ccc3o2)cc([N+](=O)[O-])c1O. The highest BCUT2D eigenvalue weighted by molar-refractivity contribution is 5.97. The lowest BCUT2D eigenvalue weighted by atomic mass is 10.2. The van der Waals surface area contributed by atoms with Crippen molar-refractivity contribution in [1.29, 1.82) is 0 Å². The number of carbonyl (C=O) groups excluding carboxylic acids is 1. The Kier molecular flexibility index (Phi) is 5.08. The van der Waals surface area contributed by atoms with E-state index >= 15 is 0 Å². The fraction of sp³-hybridized carbons (Fsp3) is 0.0588. The molecule has 148 valence electrons. The number of nitrogens with zero attached hydrogens (tertiary/aromatic N) is 3. The molecule has 0 atom stereocenters. The van der Waals surface area contributed by atoms with Gasteiger partial charge in [-0.3, -0.25) is 25.0 Å². The number of nitro groups is 2. The van der Waals surface area contributed by atoms with Gasteiger partial charge < -0.3 is 14.3 Å². The summed E-state index contributed by atoms with van der Waals surface area (Å²) in [5.74, 6) is -1.63. The molecule has 12 nitrogen and oxygen atoms in total. The Morgan fingerprint density at radius 2 is 1.97 bits per heavy atom. The number of furan rings is 1. The van der Waals surface area contributed by atoms with E-state index in [1.54, 1.807) is 0 Å². The zero-order valence-electron chi connectivity index (χ0n) is 14.7. The maximum absolute atomic E-state index is 12.2. The number of aromatic hydroxyl groups is 1. The minimum absolute atomic E-state index is 0.132. The quantitative estimate of drug-likeness (QED) is 0.361. The van der Waals surface area contributed by atoms with Crippen LogP contribution in [0, 0.1) is 20.2 Å². The number of ether oxygens (including phenoxy) is 1. The molecular weight excluding hydrogens is 388 g/mol. The number of amides is 1. The van der Waals surface area contributed by atoms with Gasteiger partial charge in [-0.15, -0.1) is 0 Å². The first kappa shape index (κ1) is 19.3. The van der Waals surface area contributed by atoms with Gasteiger partial charge in [-0.05, 0) is 18.2 Å². The zero-order chi connectivity index (χ0) is 21.1. The molecule has 2 aromatic carbocycles. The molecule has 29 heavy (non-hydrogen) atoms. The standard InChI is InChI=1S/C17H12N4O8/c1-28-14-5-9(4-12(16(14)22)21(26)27)8-18-19-17(23)15-7-10-6-11(20(24)25)2-3-13(10)29-15/h2-8,22H,1H3,(H,19,23)/b18-8+. The molecule has 1 aromatic heterocycles. The van der Waals surface area contributed by atoms with Crippen molar-refractivity contribution in [3.63, 3.8) is 0 Å². The summed E-state index contributed by atoms with van der Waals surface area (Å²) in [6.07, 6.45) is 1.11. The van der Waals surface area contributed by atoms with Crippen LogP contribution in [0.3, 0.4) is 0 Å². The molecule has 2 N–H and O–H groups in total. The molecule has 0 fully saturated rings. The molecular formula is C17H12N4O8. The van der Waals surface area contributed by atoms with Gasteiger partial charge in [-0.1, -0.05) is 0 Å². The number of methoxy groups -OCH3 is 1. The third kappa shape index (κ3) is 3.95. The van der Waals surface area contributed by atoms with Crippen LogP contribution in [0.1, 0.15) is 16.1 Å². The molecule has 1 heterocycles. The summed E-state index contributed by atoms with van der Waals surface area (Å²) < 4.78 is 10.2. The van der Waals surface area contributed by atoms with Crippen LogP contribution in [0.25, 0.3) is 11.0 Å². The van der Waals surface area contributed by atoms with Crippen LogP contribution in [0.4, 0.5) is 11.4 Å². The number of nitro benzene ring substituents is 2. The summed E-state index contributed by atoms with van der Waals surface area (Å²) >= 11 is 0. The van der Waals surface area contributed by atoms with Crippen LogP contribution in [-0.2, 0) is 0 Å². The summed E-state index contributed by atoms with van der Waals surface area (Å²) in [5, 5.41) is 35.6. The third-order valence-electron chi connectivity index (χ3n) is 3.81. The first-order valence-electron chi connectivity index (χ1n) is 7.87. The number of phenols is 1. The second-order valence-electron chi connectivity index (χ2n) is 5.64. The maximum Gasteiger partial charge on any atom is 0.315 e. The van der Waals surface area contributed by atoms with Crippen molar-refractivity contribution in [2.45, 2.75) is 0 Å². The van der Waals surface area contributed by atoms with Crippen molar-refractivity contribution < 1.29 is 28.9 Å². The van der Waals surface area contributed by atoms with E-state index in [4.69, 9.17) is 9.15 Å². The van der Waals surface area contributed by atoms with E-state index in [9.17, 15) is 30.1 Å². The van der Waals surface area contributed by atoms with Gasteiger partial charge in [-0.25, -0.2) is 5.43 Å². The van der Waals surface area contributed by atoms with E-state index in [1.165, 1.54) is 37.4 Å². The molecule has 3 aromatic rings.